The van der Waals surface area contributed by atoms with Gasteiger partial charge in [0.25, 0.3) is 5.91 Å². The van der Waals surface area contributed by atoms with Crippen molar-refractivity contribution in [1.29, 1.82) is 0 Å². The molecule has 1 atom stereocenters. The predicted molar refractivity (Wildman–Crippen MR) is 112 cm³/mol. The molecule has 0 aliphatic carbocycles. The molecule has 2 fully saturated rings. The third-order valence-electron chi connectivity index (χ3n) is 5.43. The fourth-order valence-electron chi connectivity index (χ4n) is 3.86. The minimum atomic E-state index is -0.323. The molecule has 0 bridgehead atoms. The van der Waals surface area contributed by atoms with Crippen LogP contribution in [-0.2, 0) is 16.1 Å². The minimum absolute atomic E-state index is 0. The maximum Gasteiger partial charge on any atom is 0.254 e. The van der Waals surface area contributed by atoms with Gasteiger partial charge < -0.3 is 10.2 Å². The van der Waals surface area contributed by atoms with Crippen molar-refractivity contribution in [3.8, 4) is 0 Å². The number of piperazine rings is 1. The van der Waals surface area contributed by atoms with E-state index in [-0.39, 0.29) is 61.4 Å². The fourth-order valence-corrected chi connectivity index (χ4v) is 3.86. The summed E-state index contributed by atoms with van der Waals surface area (Å²) in [5.74, 6) is -0.765. The van der Waals surface area contributed by atoms with E-state index in [4.69, 9.17) is 0 Å². The monoisotopic (exact) mass is 431 g/mol. The van der Waals surface area contributed by atoms with Gasteiger partial charge in [0, 0.05) is 38.0 Å². The lowest BCUT2D eigenvalue weighted by atomic mass is 10.0. The SMILES string of the molecule is Cl.O=C1CCC(=O)N1Cc1ccc(C(=O)N2CCNCC2c2cccc(F)c2)cc1. The van der Waals surface area contributed by atoms with Crippen LogP contribution in [0.5, 0.6) is 0 Å². The molecule has 3 amide bonds. The zero-order valence-corrected chi connectivity index (χ0v) is 17.2. The van der Waals surface area contributed by atoms with Gasteiger partial charge in [-0.25, -0.2) is 4.39 Å². The van der Waals surface area contributed by atoms with Gasteiger partial charge in [-0.1, -0.05) is 24.3 Å². The highest BCUT2D eigenvalue weighted by Crippen LogP contribution is 2.25. The molecule has 6 nitrogen and oxygen atoms in total. The van der Waals surface area contributed by atoms with Gasteiger partial charge in [-0.05, 0) is 35.4 Å². The Balaban J connectivity index is 0.00000256. The first-order valence-corrected chi connectivity index (χ1v) is 9.72. The molecular weight excluding hydrogens is 409 g/mol. The summed E-state index contributed by atoms with van der Waals surface area (Å²) in [5.41, 5.74) is 2.08. The summed E-state index contributed by atoms with van der Waals surface area (Å²) in [4.78, 5) is 39.7. The quantitative estimate of drug-likeness (QED) is 0.756. The third-order valence-corrected chi connectivity index (χ3v) is 5.43. The zero-order chi connectivity index (χ0) is 20.4. The van der Waals surface area contributed by atoms with Crippen LogP contribution in [0.15, 0.2) is 48.5 Å². The van der Waals surface area contributed by atoms with E-state index in [1.807, 2.05) is 6.07 Å². The molecule has 4 rings (SSSR count). The lowest BCUT2D eigenvalue weighted by molar-refractivity contribution is -0.139. The lowest BCUT2D eigenvalue weighted by Crippen LogP contribution is -2.48. The first-order valence-electron chi connectivity index (χ1n) is 9.72. The number of carbonyl (C=O) groups excluding carboxylic acids is 3. The number of nitrogens with zero attached hydrogens (tertiary/aromatic N) is 2. The van der Waals surface area contributed by atoms with Gasteiger partial charge in [0.1, 0.15) is 5.82 Å². The van der Waals surface area contributed by atoms with E-state index in [0.717, 1.165) is 11.1 Å². The second kappa shape index (κ2) is 9.36. The van der Waals surface area contributed by atoms with Crippen LogP contribution in [0, 0.1) is 5.82 Å². The highest BCUT2D eigenvalue weighted by molar-refractivity contribution is 6.01. The number of carbonyl (C=O) groups is 3. The molecule has 0 saturated carbocycles. The van der Waals surface area contributed by atoms with Crippen LogP contribution in [0.25, 0.3) is 0 Å². The standard InChI is InChI=1S/C22H22FN3O3.ClH/c23-18-3-1-2-17(12-18)19-13-24-10-11-25(19)22(29)16-6-4-15(5-7-16)14-26-20(27)8-9-21(26)28;/h1-7,12,19,24H,8-11,13-14H2;1H. The number of nitrogens with one attached hydrogen (secondary N) is 1. The molecule has 0 spiro atoms. The number of benzene rings is 2. The Morgan fingerprint density at radius 3 is 2.43 bits per heavy atom. The van der Waals surface area contributed by atoms with E-state index in [2.05, 4.69) is 5.32 Å². The molecular formula is C22H23ClFN3O3. The summed E-state index contributed by atoms with van der Waals surface area (Å²) in [6.07, 6.45) is 0.528. The van der Waals surface area contributed by atoms with Gasteiger partial charge >= 0.3 is 0 Å². The highest BCUT2D eigenvalue weighted by Gasteiger charge is 2.30. The van der Waals surface area contributed by atoms with Gasteiger partial charge in [-0.3, -0.25) is 19.3 Å². The Morgan fingerprint density at radius 2 is 1.77 bits per heavy atom. The summed E-state index contributed by atoms with van der Waals surface area (Å²) in [5, 5.41) is 3.26. The molecule has 2 saturated heterocycles. The topological polar surface area (TPSA) is 69.7 Å². The second-order valence-corrected chi connectivity index (χ2v) is 7.34. The molecule has 1 unspecified atom stereocenters. The van der Waals surface area contributed by atoms with Crippen LogP contribution < -0.4 is 5.32 Å². The van der Waals surface area contributed by atoms with E-state index in [9.17, 15) is 18.8 Å². The van der Waals surface area contributed by atoms with Crippen LogP contribution in [0.4, 0.5) is 4.39 Å². The van der Waals surface area contributed by atoms with E-state index < -0.39 is 0 Å². The Bertz CT molecular complexity index is 935. The van der Waals surface area contributed by atoms with E-state index >= 15 is 0 Å². The minimum Gasteiger partial charge on any atom is -0.329 e. The molecule has 2 aliphatic heterocycles. The smallest absolute Gasteiger partial charge is 0.254 e. The summed E-state index contributed by atoms with van der Waals surface area (Å²) in [6.45, 7) is 1.99. The fraction of sp³-hybridized carbons (Fsp3) is 0.318. The Morgan fingerprint density at radius 1 is 1.07 bits per heavy atom. The van der Waals surface area contributed by atoms with Crippen molar-refractivity contribution in [2.75, 3.05) is 19.6 Å². The zero-order valence-electron chi connectivity index (χ0n) is 16.3. The third kappa shape index (κ3) is 4.52. The Hall–Kier alpha value is -2.77. The average molecular weight is 432 g/mol. The van der Waals surface area contributed by atoms with E-state index in [1.54, 1.807) is 35.2 Å². The maximum absolute atomic E-state index is 13.7. The molecule has 30 heavy (non-hydrogen) atoms. The van der Waals surface area contributed by atoms with E-state index in [1.165, 1.54) is 17.0 Å². The van der Waals surface area contributed by atoms with Crippen LogP contribution >= 0.6 is 12.4 Å². The molecule has 0 radical (unpaired) electrons. The van der Waals surface area contributed by atoms with Crippen molar-refractivity contribution in [1.82, 2.24) is 15.1 Å². The van der Waals surface area contributed by atoms with Crippen molar-refractivity contribution >= 4 is 30.1 Å². The Kier molecular flexibility index (Phi) is 6.84. The van der Waals surface area contributed by atoms with Crippen LogP contribution in [-0.4, -0.2) is 47.2 Å². The van der Waals surface area contributed by atoms with Gasteiger partial charge in [-0.2, -0.15) is 0 Å². The van der Waals surface area contributed by atoms with Gasteiger partial charge in [-0.15, -0.1) is 12.4 Å². The largest absolute Gasteiger partial charge is 0.329 e. The van der Waals surface area contributed by atoms with Crippen molar-refractivity contribution in [3.63, 3.8) is 0 Å². The molecule has 158 valence electrons. The van der Waals surface area contributed by atoms with Gasteiger partial charge in [0.05, 0.1) is 12.6 Å². The number of hydrogen-bond acceptors (Lipinski definition) is 4. The molecule has 2 aliphatic rings. The van der Waals surface area contributed by atoms with Crippen molar-refractivity contribution in [2.24, 2.45) is 0 Å². The predicted octanol–water partition coefficient (Wildman–Crippen LogP) is 2.68. The number of rotatable bonds is 4. The van der Waals surface area contributed by atoms with Crippen molar-refractivity contribution in [2.45, 2.75) is 25.4 Å². The number of hydrogen-bond donors (Lipinski definition) is 1. The summed E-state index contributed by atoms with van der Waals surface area (Å²) < 4.78 is 13.7. The first-order chi connectivity index (χ1) is 14.0. The lowest BCUT2D eigenvalue weighted by Gasteiger charge is -2.36. The summed E-state index contributed by atoms with van der Waals surface area (Å²) in [6, 6.07) is 13.1. The molecule has 8 heteroatoms. The van der Waals surface area contributed by atoms with Crippen molar-refractivity contribution in [3.05, 3.63) is 71.0 Å². The number of amides is 3. The average Bonchev–Trinajstić information content (AvgIpc) is 3.06. The van der Waals surface area contributed by atoms with Gasteiger partial charge in [0.2, 0.25) is 11.8 Å². The molecule has 1 N–H and O–H groups in total. The summed E-state index contributed by atoms with van der Waals surface area (Å²) in [7, 11) is 0. The molecule has 2 aromatic carbocycles. The molecule has 2 aromatic rings. The van der Waals surface area contributed by atoms with Crippen LogP contribution in [0.3, 0.4) is 0 Å². The second-order valence-electron chi connectivity index (χ2n) is 7.34. The van der Waals surface area contributed by atoms with Crippen LogP contribution in [0.2, 0.25) is 0 Å². The first kappa shape index (κ1) is 21.9. The summed E-state index contributed by atoms with van der Waals surface area (Å²) >= 11 is 0. The normalized spacial score (nSPS) is 19.0. The van der Waals surface area contributed by atoms with Crippen molar-refractivity contribution < 1.29 is 18.8 Å². The van der Waals surface area contributed by atoms with E-state index in [0.29, 0.717) is 25.2 Å². The van der Waals surface area contributed by atoms with Crippen LogP contribution in [0.1, 0.15) is 40.4 Å². The number of halogens is 2. The highest BCUT2D eigenvalue weighted by atomic mass is 35.5. The number of likely N-dealkylation sites (tertiary alicyclic amines) is 1. The molecule has 2 heterocycles. The maximum atomic E-state index is 13.7. The van der Waals surface area contributed by atoms with Gasteiger partial charge in [0.15, 0.2) is 0 Å². The molecule has 0 aromatic heterocycles. The Labute approximate surface area is 180 Å². The number of imide groups is 1.